The average Bonchev–Trinajstić information content (AvgIpc) is 3.17. The van der Waals surface area contributed by atoms with Gasteiger partial charge in [0.05, 0.1) is 24.2 Å². The molecule has 2 aliphatic heterocycles. The van der Waals surface area contributed by atoms with Crippen molar-refractivity contribution in [3.63, 3.8) is 0 Å². The molecule has 154 valence electrons. The normalized spacial score (nSPS) is 24.5. The van der Waals surface area contributed by atoms with Crippen LogP contribution in [0.3, 0.4) is 0 Å². The number of rotatable bonds is 5. The lowest BCUT2D eigenvalue weighted by molar-refractivity contribution is -0.144. The molecular weight excluding hydrogens is 406 g/mol. The maximum Gasteiger partial charge on any atom is 0.411 e. The number of cyclic esters (lactones) is 1. The third kappa shape index (κ3) is 4.49. The summed E-state index contributed by atoms with van der Waals surface area (Å²) in [7, 11) is 0. The Morgan fingerprint density at radius 2 is 2.07 bits per heavy atom. The molecule has 0 spiro atoms. The summed E-state index contributed by atoms with van der Waals surface area (Å²) in [4.78, 5) is 26.2. The number of halogens is 5. The van der Waals surface area contributed by atoms with E-state index in [9.17, 15) is 27.2 Å². The molecule has 2 N–H and O–H groups in total. The van der Waals surface area contributed by atoms with Gasteiger partial charge >= 0.3 is 12.3 Å². The summed E-state index contributed by atoms with van der Waals surface area (Å²) in [5, 5.41) is -0.174. The Kier molecular flexibility index (Phi) is 5.72. The van der Waals surface area contributed by atoms with Crippen LogP contribution in [-0.4, -0.2) is 60.3 Å². The van der Waals surface area contributed by atoms with Gasteiger partial charge in [-0.3, -0.25) is 14.6 Å². The van der Waals surface area contributed by atoms with Crippen molar-refractivity contribution in [1.82, 2.24) is 9.80 Å². The van der Waals surface area contributed by atoms with E-state index in [1.165, 1.54) is 21.9 Å². The molecule has 1 aromatic rings. The summed E-state index contributed by atoms with van der Waals surface area (Å²) in [6.45, 7) is -0.930. The van der Waals surface area contributed by atoms with Crippen molar-refractivity contribution in [1.29, 1.82) is 0 Å². The Bertz CT molecular complexity index is 777. The van der Waals surface area contributed by atoms with E-state index in [0.29, 0.717) is 12.0 Å². The Balaban J connectivity index is 1.88. The van der Waals surface area contributed by atoms with Crippen LogP contribution in [0, 0.1) is 11.7 Å². The molecule has 2 aliphatic rings. The number of nitrogens with zero attached hydrogens (tertiary/aromatic N) is 2. The first kappa shape index (κ1) is 20.7. The predicted octanol–water partition coefficient (Wildman–Crippen LogP) is 2.71. The standard InChI is InChI=1S/C17H18ClF4N3O3/c18-11-5-9(1-2-12(11)19)14(25-7-13(15(23)26)28-16(25)27)10-3-4-24(6-10)8-17(20,21)22/h1-2,5,10,13-14H,3-4,6-8H2,(H2,23,26)/t10-,13?,14+/m0/s1. The highest BCUT2D eigenvalue weighted by atomic mass is 35.5. The predicted molar refractivity (Wildman–Crippen MR) is 90.9 cm³/mol. The quantitative estimate of drug-likeness (QED) is 0.739. The molecule has 3 atom stereocenters. The van der Waals surface area contributed by atoms with Crippen LogP contribution in [0.2, 0.25) is 5.02 Å². The Morgan fingerprint density at radius 3 is 2.64 bits per heavy atom. The third-order valence-corrected chi connectivity index (χ3v) is 5.23. The zero-order chi connectivity index (χ0) is 20.6. The maximum absolute atomic E-state index is 13.6. The highest BCUT2D eigenvalue weighted by Gasteiger charge is 2.45. The fourth-order valence-electron chi connectivity index (χ4n) is 3.78. The molecule has 6 nitrogen and oxygen atoms in total. The number of benzene rings is 1. The second-order valence-electron chi connectivity index (χ2n) is 6.94. The Hall–Kier alpha value is -2.07. The Labute approximate surface area is 163 Å². The van der Waals surface area contributed by atoms with E-state index >= 15 is 0 Å². The molecule has 1 aromatic carbocycles. The second kappa shape index (κ2) is 7.75. The van der Waals surface area contributed by atoms with Crippen LogP contribution in [-0.2, 0) is 9.53 Å². The summed E-state index contributed by atoms with van der Waals surface area (Å²) in [6, 6.07) is 3.15. The van der Waals surface area contributed by atoms with Gasteiger partial charge in [0.1, 0.15) is 5.82 Å². The van der Waals surface area contributed by atoms with Gasteiger partial charge in [0.25, 0.3) is 5.91 Å². The SMILES string of the molecule is NC(=O)C1CN([C@H](c2ccc(F)c(Cl)c2)[C@H]2CCN(CC(F)(F)F)C2)C(=O)O1. The summed E-state index contributed by atoms with van der Waals surface area (Å²) in [6.07, 6.45) is -5.92. The lowest BCUT2D eigenvalue weighted by atomic mass is 9.90. The number of hydrogen-bond acceptors (Lipinski definition) is 4. The van der Waals surface area contributed by atoms with Crippen molar-refractivity contribution in [2.75, 3.05) is 26.2 Å². The lowest BCUT2D eigenvalue weighted by Crippen LogP contribution is -2.39. The molecule has 2 heterocycles. The third-order valence-electron chi connectivity index (χ3n) is 4.94. The van der Waals surface area contributed by atoms with E-state index in [1.54, 1.807) is 0 Å². The summed E-state index contributed by atoms with van der Waals surface area (Å²) in [5.74, 6) is -1.87. The minimum atomic E-state index is -4.34. The first-order valence-electron chi connectivity index (χ1n) is 8.56. The van der Waals surface area contributed by atoms with Crippen LogP contribution in [0.25, 0.3) is 0 Å². The topological polar surface area (TPSA) is 75.9 Å². The molecule has 2 fully saturated rings. The second-order valence-corrected chi connectivity index (χ2v) is 7.35. The van der Waals surface area contributed by atoms with Crippen LogP contribution in [0.1, 0.15) is 18.0 Å². The number of carbonyl (C=O) groups is 2. The fourth-order valence-corrected chi connectivity index (χ4v) is 3.96. The number of primary amides is 1. The van der Waals surface area contributed by atoms with Crippen molar-refractivity contribution in [2.24, 2.45) is 11.7 Å². The maximum atomic E-state index is 13.6. The van der Waals surface area contributed by atoms with Gasteiger partial charge in [0.15, 0.2) is 6.10 Å². The molecule has 3 rings (SSSR count). The van der Waals surface area contributed by atoms with Crippen molar-refractivity contribution < 1.29 is 31.9 Å². The van der Waals surface area contributed by atoms with Crippen molar-refractivity contribution in [3.05, 3.63) is 34.6 Å². The van der Waals surface area contributed by atoms with Gasteiger partial charge in [-0.05, 0) is 36.6 Å². The molecule has 0 radical (unpaired) electrons. The first-order valence-corrected chi connectivity index (χ1v) is 8.93. The average molecular weight is 424 g/mol. The molecule has 28 heavy (non-hydrogen) atoms. The number of amides is 2. The molecule has 0 saturated carbocycles. The van der Waals surface area contributed by atoms with Gasteiger partial charge in [0, 0.05) is 6.54 Å². The number of nitrogens with two attached hydrogens (primary N) is 1. The number of likely N-dealkylation sites (tertiary alicyclic amines) is 1. The summed E-state index contributed by atoms with van der Waals surface area (Å²) < 4.78 is 56.7. The van der Waals surface area contributed by atoms with E-state index in [-0.39, 0.29) is 30.6 Å². The van der Waals surface area contributed by atoms with E-state index in [2.05, 4.69) is 0 Å². The van der Waals surface area contributed by atoms with Gasteiger partial charge in [-0.25, -0.2) is 9.18 Å². The molecule has 0 aromatic heterocycles. The van der Waals surface area contributed by atoms with E-state index < -0.39 is 42.7 Å². The van der Waals surface area contributed by atoms with Crippen molar-refractivity contribution in [3.8, 4) is 0 Å². The molecule has 2 saturated heterocycles. The summed E-state index contributed by atoms with van der Waals surface area (Å²) >= 11 is 5.86. The van der Waals surface area contributed by atoms with Crippen LogP contribution in [0.5, 0.6) is 0 Å². The highest BCUT2D eigenvalue weighted by molar-refractivity contribution is 6.30. The fraction of sp³-hybridized carbons (Fsp3) is 0.529. The molecule has 0 aliphatic carbocycles. The largest absolute Gasteiger partial charge is 0.434 e. The summed E-state index contributed by atoms with van der Waals surface area (Å²) in [5.41, 5.74) is 5.65. The van der Waals surface area contributed by atoms with E-state index in [1.807, 2.05) is 0 Å². The van der Waals surface area contributed by atoms with Crippen LogP contribution in [0.15, 0.2) is 18.2 Å². The first-order chi connectivity index (χ1) is 13.0. The van der Waals surface area contributed by atoms with Gasteiger partial charge < -0.3 is 10.5 Å². The number of hydrogen-bond donors (Lipinski definition) is 1. The molecule has 0 bridgehead atoms. The smallest absolute Gasteiger partial charge is 0.411 e. The monoisotopic (exact) mass is 423 g/mol. The highest BCUT2D eigenvalue weighted by Crippen LogP contribution is 2.39. The van der Waals surface area contributed by atoms with E-state index in [4.69, 9.17) is 22.1 Å². The molecular formula is C17H18ClF4N3O3. The van der Waals surface area contributed by atoms with Crippen LogP contribution < -0.4 is 5.73 Å². The molecule has 1 unspecified atom stereocenters. The van der Waals surface area contributed by atoms with Gasteiger partial charge in [0.2, 0.25) is 0 Å². The minimum absolute atomic E-state index is 0.0736. The minimum Gasteiger partial charge on any atom is -0.434 e. The van der Waals surface area contributed by atoms with Gasteiger partial charge in [-0.1, -0.05) is 17.7 Å². The van der Waals surface area contributed by atoms with Gasteiger partial charge in [-0.15, -0.1) is 0 Å². The Morgan fingerprint density at radius 1 is 1.36 bits per heavy atom. The zero-order valence-electron chi connectivity index (χ0n) is 14.6. The zero-order valence-corrected chi connectivity index (χ0v) is 15.3. The molecule has 2 amide bonds. The number of carbonyl (C=O) groups excluding carboxylic acids is 2. The van der Waals surface area contributed by atoms with Gasteiger partial charge in [-0.2, -0.15) is 13.2 Å². The number of ether oxygens (including phenoxy) is 1. The van der Waals surface area contributed by atoms with Crippen molar-refractivity contribution >= 4 is 23.6 Å². The van der Waals surface area contributed by atoms with Crippen LogP contribution in [0.4, 0.5) is 22.4 Å². The number of alkyl halides is 3. The van der Waals surface area contributed by atoms with Crippen LogP contribution >= 0.6 is 11.6 Å². The lowest BCUT2D eigenvalue weighted by Gasteiger charge is -2.31. The van der Waals surface area contributed by atoms with Crippen molar-refractivity contribution in [2.45, 2.75) is 24.7 Å². The van der Waals surface area contributed by atoms with E-state index in [0.717, 1.165) is 6.07 Å². The molecule has 11 heteroatoms.